The molecular weight excluding hydrogens is 472 g/mol. The lowest BCUT2D eigenvalue weighted by Gasteiger charge is -2.28. The van der Waals surface area contributed by atoms with Crippen molar-refractivity contribution in [3.05, 3.63) is 58.7 Å². The number of Topliss-reactive ketones (excluding diaryl/α,β-unsaturated/α-hetero) is 1. The van der Waals surface area contributed by atoms with E-state index < -0.39 is 24.0 Å². The number of allylic oxidation sites excluding steroid dienone is 1. The van der Waals surface area contributed by atoms with Crippen LogP contribution in [0.5, 0.6) is 17.2 Å². The number of benzene rings is 2. The van der Waals surface area contributed by atoms with E-state index >= 15 is 0 Å². The minimum absolute atomic E-state index is 0.0137. The molecule has 0 aliphatic carbocycles. The first-order valence-corrected chi connectivity index (χ1v) is 13.0. The van der Waals surface area contributed by atoms with Crippen LogP contribution in [0.15, 0.2) is 36.4 Å². The molecule has 0 aromatic heterocycles. The molecule has 0 fully saturated rings. The second kappa shape index (κ2) is 11.6. The molecule has 2 aromatic carbocycles. The summed E-state index contributed by atoms with van der Waals surface area (Å²) in [6.07, 6.45) is 6.63. The van der Waals surface area contributed by atoms with Crippen LogP contribution in [0.25, 0.3) is 6.08 Å². The lowest BCUT2D eigenvalue weighted by atomic mass is 9.83. The Labute approximate surface area is 217 Å². The molecule has 0 bridgehead atoms. The van der Waals surface area contributed by atoms with Gasteiger partial charge in [0.05, 0.1) is 18.6 Å². The molecule has 2 aromatic rings. The van der Waals surface area contributed by atoms with Crippen molar-refractivity contribution in [3.8, 4) is 17.2 Å². The zero-order valence-electron chi connectivity index (χ0n) is 21.6. The average molecular weight is 507 g/mol. The van der Waals surface area contributed by atoms with Gasteiger partial charge >= 0.3 is 11.9 Å². The van der Waals surface area contributed by atoms with Gasteiger partial charge in [-0.1, -0.05) is 24.3 Å². The van der Waals surface area contributed by atoms with Crippen LogP contribution in [0.3, 0.4) is 0 Å². The molecule has 2 unspecified atom stereocenters. The van der Waals surface area contributed by atoms with E-state index in [1.54, 1.807) is 19.1 Å². The second-order valence-corrected chi connectivity index (χ2v) is 10.0. The molecule has 1 N–H and O–H groups in total. The quantitative estimate of drug-likeness (QED) is 0.396. The van der Waals surface area contributed by atoms with Gasteiger partial charge in [-0.25, -0.2) is 4.79 Å². The minimum Gasteiger partial charge on any atom is -0.507 e. The number of aromatic hydroxyl groups is 1. The Hall–Kier alpha value is -3.61. The summed E-state index contributed by atoms with van der Waals surface area (Å²) in [5, 5.41) is 11.5. The molecule has 2 heterocycles. The first kappa shape index (κ1) is 26.5. The van der Waals surface area contributed by atoms with Crippen LogP contribution in [0, 0.1) is 0 Å². The van der Waals surface area contributed by atoms with Crippen LogP contribution in [-0.2, 0) is 14.3 Å². The molecule has 2 aliphatic rings. The zero-order chi connectivity index (χ0) is 26.5. The number of phenolic OH excluding ortho intramolecular Hbond substituents is 1. The van der Waals surface area contributed by atoms with E-state index in [2.05, 4.69) is 0 Å². The van der Waals surface area contributed by atoms with E-state index in [1.165, 1.54) is 0 Å². The predicted molar refractivity (Wildman–Crippen MR) is 139 cm³/mol. The van der Waals surface area contributed by atoms with Gasteiger partial charge in [-0.2, -0.15) is 0 Å². The molecule has 37 heavy (non-hydrogen) atoms. The summed E-state index contributed by atoms with van der Waals surface area (Å²) in [5.74, 6) is -0.767. The molecule has 2 atom stereocenters. The second-order valence-electron chi connectivity index (χ2n) is 10.0. The van der Waals surface area contributed by atoms with Crippen molar-refractivity contribution in [1.29, 1.82) is 0 Å². The number of esters is 2. The van der Waals surface area contributed by atoms with Crippen LogP contribution >= 0.6 is 0 Å². The standard InChI is InChI=1S/C30H34O7/c1-18(2)35-23-14-8-11-20(15-23)24-17-26(32)37-25-16-21-10-5-4-6-12-22(31)13-7-9-19(3)36-30(34)27(21)29(33)28(24)25/h5,8,10-11,14-16,18-19,24,33H,4,6-7,9,12-13,17H2,1-3H3/b10-5+. The number of fused-ring (bicyclic) bond motifs is 2. The first-order chi connectivity index (χ1) is 17.7. The van der Waals surface area contributed by atoms with Crippen LogP contribution in [-0.4, -0.2) is 35.0 Å². The first-order valence-electron chi connectivity index (χ1n) is 13.0. The third-order valence-corrected chi connectivity index (χ3v) is 6.61. The van der Waals surface area contributed by atoms with E-state index in [9.17, 15) is 19.5 Å². The van der Waals surface area contributed by atoms with Gasteiger partial charge in [0.25, 0.3) is 0 Å². The molecule has 0 amide bonds. The summed E-state index contributed by atoms with van der Waals surface area (Å²) in [6, 6.07) is 9.01. The Bertz CT molecular complexity index is 1210. The smallest absolute Gasteiger partial charge is 0.342 e. The molecule has 0 saturated heterocycles. The molecule has 0 radical (unpaired) electrons. The topological polar surface area (TPSA) is 99.1 Å². The van der Waals surface area contributed by atoms with Gasteiger partial charge in [-0.3, -0.25) is 9.59 Å². The van der Waals surface area contributed by atoms with Gasteiger partial charge in [0, 0.05) is 24.3 Å². The maximum atomic E-state index is 13.3. The van der Waals surface area contributed by atoms with Gasteiger partial charge in [-0.05, 0) is 75.8 Å². The van der Waals surface area contributed by atoms with Gasteiger partial charge < -0.3 is 19.3 Å². The third-order valence-electron chi connectivity index (χ3n) is 6.61. The number of rotatable bonds is 3. The van der Waals surface area contributed by atoms with Crippen molar-refractivity contribution in [2.45, 2.75) is 83.8 Å². The van der Waals surface area contributed by atoms with E-state index in [4.69, 9.17) is 14.2 Å². The maximum Gasteiger partial charge on any atom is 0.342 e. The highest BCUT2D eigenvalue weighted by Gasteiger charge is 2.35. The molecule has 0 spiro atoms. The molecule has 0 saturated carbocycles. The number of ketones is 1. The summed E-state index contributed by atoms with van der Waals surface area (Å²) in [7, 11) is 0. The van der Waals surface area contributed by atoms with Gasteiger partial charge in [0.2, 0.25) is 0 Å². The number of ether oxygens (including phenoxy) is 3. The average Bonchev–Trinajstić information content (AvgIpc) is 2.82. The SMILES string of the molecule is CC(C)Oc1cccc(C2CC(=O)Oc3cc4c(c(O)c32)C(=O)OC(C)CCCC(=O)CCC/C=C/4)c1. The van der Waals surface area contributed by atoms with Crippen molar-refractivity contribution in [3.63, 3.8) is 0 Å². The van der Waals surface area contributed by atoms with Crippen molar-refractivity contribution in [1.82, 2.24) is 0 Å². The summed E-state index contributed by atoms with van der Waals surface area (Å²) < 4.78 is 17.1. The maximum absolute atomic E-state index is 13.3. The van der Waals surface area contributed by atoms with Gasteiger partial charge in [0.15, 0.2) is 0 Å². The highest BCUT2D eigenvalue weighted by molar-refractivity contribution is 5.98. The Kier molecular flexibility index (Phi) is 8.31. The van der Waals surface area contributed by atoms with Crippen LogP contribution in [0.2, 0.25) is 0 Å². The third kappa shape index (κ3) is 6.40. The summed E-state index contributed by atoms with van der Waals surface area (Å²) in [5.41, 5.74) is 1.61. The Morgan fingerprint density at radius 3 is 2.65 bits per heavy atom. The van der Waals surface area contributed by atoms with Crippen LogP contribution in [0.4, 0.5) is 0 Å². The monoisotopic (exact) mass is 506 g/mol. The highest BCUT2D eigenvalue weighted by Crippen LogP contribution is 2.47. The fourth-order valence-corrected chi connectivity index (χ4v) is 4.88. The Morgan fingerprint density at radius 1 is 1.08 bits per heavy atom. The molecule has 2 aliphatic heterocycles. The van der Waals surface area contributed by atoms with Crippen molar-refractivity contribution in [2.24, 2.45) is 0 Å². The fourth-order valence-electron chi connectivity index (χ4n) is 4.88. The Morgan fingerprint density at radius 2 is 1.86 bits per heavy atom. The summed E-state index contributed by atoms with van der Waals surface area (Å²) >= 11 is 0. The van der Waals surface area contributed by atoms with Gasteiger partial charge in [0.1, 0.15) is 28.6 Å². The summed E-state index contributed by atoms with van der Waals surface area (Å²) in [6.45, 7) is 5.64. The lowest BCUT2D eigenvalue weighted by Crippen LogP contribution is -2.23. The fraction of sp³-hybridized carbons (Fsp3) is 0.433. The van der Waals surface area contributed by atoms with Gasteiger partial charge in [-0.15, -0.1) is 0 Å². The molecule has 4 rings (SSSR count). The summed E-state index contributed by atoms with van der Waals surface area (Å²) in [4.78, 5) is 38.0. The lowest BCUT2D eigenvalue weighted by molar-refractivity contribution is -0.135. The van der Waals surface area contributed by atoms with Crippen LogP contribution < -0.4 is 9.47 Å². The molecule has 7 nitrogen and oxygen atoms in total. The van der Waals surface area contributed by atoms with E-state index in [0.29, 0.717) is 55.4 Å². The van der Waals surface area contributed by atoms with E-state index in [1.807, 2.05) is 44.2 Å². The predicted octanol–water partition coefficient (Wildman–Crippen LogP) is 6.10. The largest absolute Gasteiger partial charge is 0.507 e. The zero-order valence-corrected chi connectivity index (χ0v) is 21.6. The number of carbonyl (C=O) groups is 3. The van der Waals surface area contributed by atoms with E-state index in [0.717, 1.165) is 5.56 Å². The number of carbonyl (C=O) groups excluding carboxylic acids is 3. The Balaban J connectivity index is 1.80. The molecule has 7 heteroatoms. The number of phenols is 1. The number of cyclic esters (lactones) is 1. The molecule has 196 valence electrons. The van der Waals surface area contributed by atoms with Crippen LogP contribution in [0.1, 0.15) is 98.7 Å². The minimum atomic E-state index is -0.650. The highest BCUT2D eigenvalue weighted by atomic mass is 16.5. The number of hydrogen-bond acceptors (Lipinski definition) is 7. The van der Waals surface area contributed by atoms with Crippen molar-refractivity contribution >= 4 is 23.8 Å². The van der Waals surface area contributed by atoms with E-state index in [-0.39, 0.29) is 35.4 Å². The normalized spacial score (nSPS) is 21.8. The van der Waals surface area contributed by atoms with Crippen molar-refractivity contribution in [2.75, 3.05) is 0 Å². The number of hydrogen-bond donors (Lipinski definition) is 1. The molecular formula is C30H34O7. The van der Waals surface area contributed by atoms with Crippen molar-refractivity contribution < 1.29 is 33.7 Å².